The highest BCUT2D eigenvalue weighted by molar-refractivity contribution is 7.15. The minimum atomic E-state index is -0.0694. The van der Waals surface area contributed by atoms with E-state index in [-0.39, 0.29) is 30.7 Å². The molecule has 2 aliphatic rings. The lowest BCUT2D eigenvalue weighted by atomic mass is 10.1. The molecule has 5 nitrogen and oxygen atoms in total. The van der Waals surface area contributed by atoms with Gasteiger partial charge >= 0.3 is 0 Å². The van der Waals surface area contributed by atoms with Gasteiger partial charge < -0.3 is 15.4 Å². The number of aryl methyl sites for hydroxylation is 1. The van der Waals surface area contributed by atoms with E-state index in [0.717, 1.165) is 42.5 Å². The predicted molar refractivity (Wildman–Crippen MR) is 114 cm³/mol. The molecule has 1 saturated heterocycles. The van der Waals surface area contributed by atoms with Gasteiger partial charge in [0.1, 0.15) is 5.00 Å². The molecule has 2 fully saturated rings. The van der Waals surface area contributed by atoms with E-state index in [4.69, 9.17) is 4.74 Å². The predicted octanol–water partition coefficient (Wildman–Crippen LogP) is 4.17. The number of rotatable bonds is 5. The van der Waals surface area contributed by atoms with Gasteiger partial charge in [-0.2, -0.15) is 0 Å². The second-order valence-electron chi connectivity index (χ2n) is 6.83. The van der Waals surface area contributed by atoms with Crippen LogP contribution in [0.1, 0.15) is 46.1 Å². The molecule has 2 aromatic rings. The Morgan fingerprint density at radius 2 is 2.04 bits per heavy atom. The first-order valence-electron chi connectivity index (χ1n) is 8.86. The molecule has 0 radical (unpaired) electrons. The molecule has 148 valence electrons. The van der Waals surface area contributed by atoms with E-state index in [1.807, 2.05) is 25.1 Å². The Kier molecular flexibility index (Phi) is 8.06. The molecular weight excluding hydrogens is 405 g/mol. The van der Waals surface area contributed by atoms with E-state index in [0.29, 0.717) is 23.6 Å². The third-order valence-electron chi connectivity index (χ3n) is 4.90. The Bertz CT molecular complexity index is 765. The van der Waals surface area contributed by atoms with Gasteiger partial charge in [-0.15, -0.1) is 36.2 Å². The average molecular weight is 430 g/mol. The van der Waals surface area contributed by atoms with Crippen molar-refractivity contribution in [3.8, 4) is 0 Å². The molecular formula is C19H25Cl2N3O2S. The van der Waals surface area contributed by atoms with Gasteiger partial charge in [-0.1, -0.05) is 12.1 Å². The Hall–Kier alpha value is -1.18. The second kappa shape index (κ2) is 9.85. The molecule has 1 saturated carbocycles. The number of hydrogen-bond donors (Lipinski definition) is 2. The average Bonchev–Trinajstić information content (AvgIpc) is 3.28. The first-order chi connectivity index (χ1) is 12.2. The topological polar surface area (TPSA) is 63.2 Å². The summed E-state index contributed by atoms with van der Waals surface area (Å²) in [4.78, 5) is 16.6. The van der Waals surface area contributed by atoms with Crippen LogP contribution in [0.25, 0.3) is 0 Å². The van der Waals surface area contributed by atoms with Crippen LogP contribution in [0.15, 0.2) is 30.5 Å². The van der Waals surface area contributed by atoms with Gasteiger partial charge in [0.15, 0.2) is 0 Å². The van der Waals surface area contributed by atoms with E-state index < -0.39 is 0 Å². The third kappa shape index (κ3) is 5.65. The molecule has 2 unspecified atom stereocenters. The summed E-state index contributed by atoms with van der Waals surface area (Å²) in [7, 11) is 0. The number of amides is 1. The van der Waals surface area contributed by atoms with Crippen molar-refractivity contribution in [3.63, 3.8) is 0 Å². The molecule has 1 aliphatic carbocycles. The molecule has 4 rings (SSSR count). The number of nitrogens with zero attached hydrogens (tertiary/aromatic N) is 1. The lowest BCUT2D eigenvalue weighted by molar-refractivity contribution is 0.0774. The zero-order chi connectivity index (χ0) is 17.2. The van der Waals surface area contributed by atoms with Crippen LogP contribution >= 0.6 is 36.2 Å². The van der Waals surface area contributed by atoms with Crippen LogP contribution < -0.4 is 10.6 Å². The molecule has 2 heterocycles. The number of hydrogen-bond acceptors (Lipinski definition) is 5. The number of halogens is 2. The van der Waals surface area contributed by atoms with E-state index in [1.165, 1.54) is 16.9 Å². The fourth-order valence-electron chi connectivity index (χ4n) is 3.43. The highest BCUT2D eigenvalue weighted by Gasteiger charge is 2.39. The number of nitrogens with one attached hydrogen (secondary N) is 2. The van der Waals surface area contributed by atoms with Crippen LogP contribution in [0.5, 0.6) is 0 Å². The SMILES string of the molecule is Cc1ncc(NC(=O)c2cccc(C3CC3NC3CCOCC3)c2)s1.Cl.Cl. The van der Waals surface area contributed by atoms with Crippen molar-refractivity contribution in [3.05, 3.63) is 46.6 Å². The second-order valence-corrected chi connectivity index (χ2v) is 8.06. The molecule has 2 N–H and O–H groups in total. The maximum Gasteiger partial charge on any atom is 0.256 e. The summed E-state index contributed by atoms with van der Waals surface area (Å²) in [6.07, 6.45) is 5.05. The van der Waals surface area contributed by atoms with E-state index >= 15 is 0 Å². The summed E-state index contributed by atoms with van der Waals surface area (Å²) in [5.41, 5.74) is 1.96. The maximum atomic E-state index is 12.5. The Labute approximate surface area is 176 Å². The van der Waals surface area contributed by atoms with Crippen LogP contribution in [-0.4, -0.2) is 36.2 Å². The van der Waals surface area contributed by atoms with E-state index in [9.17, 15) is 4.79 Å². The minimum Gasteiger partial charge on any atom is -0.381 e. The summed E-state index contributed by atoms with van der Waals surface area (Å²) < 4.78 is 5.42. The van der Waals surface area contributed by atoms with Crippen molar-refractivity contribution in [1.82, 2.24) is 10.3 Å². The molecule has 1 aromatic carbocycles. The van der Waals surface area contributed by atoms with Gasteiger partial charge in [-0.05, 0) is 43.9 Å². The van der Waals surface area contributed by atoms with Crippen molar-refractivity contribution in [2.75, 3.05) is 18.5 Å². The van der Waals surface area contributed by atoms with Crippen LogP contribution in [-0.2, 0) is 4.74 Å². The zero-order valence-corrected chi connectivity index (χ0v) is 17.6. The summed E-state index contributed by atoms with van der Waals surface area (Å²) in [5, 5.41) is 8.41. The van der Waals surface area contributed by atoms with Gasteiger partial charge in [0.25, 0.3) is 5.91 Å². The Balaban J connectivity index is 0.00000131. The summed E-state index contributed by atoms with van der Waals surface area (Å²) >= 11 is 1.49. The lowest BCUT2D eigenvalue weighted by Gasteiger charge is -2.23. The quantitative estimate of drug-likeness (QED) is 0.748. The van der Waals surface area contributed by atoms with Crippen molar-refractivity contribution >= 4 is 47.1 Å². The van der Waals surface area contributed by atoms with Gasteiger partial charge in [-0.3, -0.25) is 4.79 Å². The van der Waals surface area contributed by atoms with Crippen LogP contribution in [0.4, 0.5) is 5.00 Å². The normalized spacial score (nSPS) is 21.7. The standard InChI is InChI=1S/C19H23N3O2S.2ClH/c1-12-20-11-18(25-12)22-19(23)14-4-2-3-13(9-14)16-10-17(16)21-15-5-7-24-8-6-15;;/h2-4,9,11,15-17,21H,5-8,10H2,1H3,(H,22,23);2*1H. The van der Waals surface area contributed by atoms with E-state index in [1.54, 1.807) is 6.20 Å². The van der Waals surface area contributed by atoms with Crippen molar-refractivity contribution < 1.29 is 9.53 Å². The molecule has 8 heteroatoms. The minimum absolute atomic E-state index is 0. The molecule has 0 spiro atoms. The van der Waals surface area contributed by atoms with Crippen molar-refractivity contribution in [2.45, 2.75) is 44.2 Å². The zero-order valence-electron chi connectivity index (χ0n) is 15.1. The molecule has 1 aliphatic heterocycles. The monoisotopic (exact) mass is 429 g/mol. The number of aromatic nitrogens is 1. The lowest BCUT2D eigenvalue weighted by Crippen LogP contribution is -2.36. The van der Waals surface area contributed by atoms with Gasteiger partial charge in [0.2, 0.25) is 0 Å². The smallest absolute Gasteiger partial charge is 0.256 e. The molecule has 1 amide bonds. The summed E-state index contributed by atoms with van der Waals surface area (Å²) in [6, 6.07) is 9.11. The number of carbonyl (C=O) groups is 1. The fourth-order valence-corrected chi connectivity index (χ4v) is 4.10. The third-order valence-corrected chi connectivity index (χ3v) is 5.72. The molecule has 2 atom stereocenters. The Morgan fingerprint density at radius 3 is 2.74 bits per heavy atom. The molecule has 27 heavy (non-hydrogen) atoms. The maximum absolute atomic E-state index is 12.5. The van der Waals surface area contributed by atoms with Gasteiger partial charge in [-0.25, -0.2) is 4.98 Å². The van der Waals surface area contributed by atoms with Gasteiger partial charge in [0, 0.05) is 36.8 Å². The first-order valence-corrected chi connectivity index (χ1v) is 9.68. The number of benzene rings is 1. The first kappa shape index (κ1) is 22.1. The molecule has 0 bridgehead atoms. The fraction of sp³-hybridized carbons (Fsp3) is 0.474. The number of anilines is 1. The van der Waals surface area contributed by atoms with Crippen LogP contribution in [0, 0.1) is 6.92 Å². The number of ether oxygens (including phenoxy) is 1. The Morgan fingerprint density at radius 1 is 1.26 bits per heavy atom. The highest BCUT2D eigenvalue weighted by atomic mass is 35.5. The number of thiazole rings is 1. The molecule has 1 aromatic heterocycles. The number of carbonyl (C=O) groups excluding carboxylic acids is 1. The van der Waals surface area contributed by atoms with Crippen molar-refractivity contribution in [1.29, 1.82) is 0 Å². The van der Waals surface area contributed by atoms with E-state index in [2.05, 4.69) is 21.7 Å². The van der Waals surface area contributed by atoms with Crippen LogP contribution in [0.2, 0.25) is 0 Å². The van der Waals surface area contributed by atoms with Crippen LogP contribution in [0.3, 0.4) is 0 Å². The van der Waals surface area contributed by atoms with Gasteiger partial charge in [0.05, 0.1) is 11.2 Å². The van der Waals surface area contributed by atoms with Crippen molar-refractivity contribution in [2.24, 2.45) is 0 Å². The summed E-state index contributed by atoms with van der Waals surface area (Å²) in [6.45, 7) is 3.66. The highest BCUT2D eigenvalue weighted by Crippen LogP contribution is 2.41. The largest absolute Gasteiger partial charge is 0.381 e. The summed E-state index contributed by atoms with van der Waals surface area (Å²) in [5.74, 6) is 0.446.